The van der Waals surface area contributed by atoms with E-state index in [0.717, 1.165) is 11.3 Å². The SMILES string of the molecule is COC(=CC(=Cc1ccccc1)O[Si](C)(C)C)O[Si](C)(C)C. The van der Waals surface area contributed by atoms with E-state index < -0.39 is 16.6 Å². The van der Waals surface area contributed by atoms with E-state index in [9.17, 15) is 0 Å². The Morgan fingerprint density at radius 2 is 1.41 bits per heavy atom. The number of hydrogen-bond acceptors (Lipinski definition) is 3. The zero-order valence-corrected chi connectivity index (χ0v) is 16.8. The summed E-state index contributed by atoms with van der Waals surface area (Å²) in [5.74, 6) is 1.29. The predicted molar refractivity (Wildman–Crippen MR) is 98.4 cm³/mol. The lowest BCUT2D eigenvalue weighted by atomic mass is 10.2. The average Bonchev–Trinajstić information content (AvgIpc) is 2.35. The Bertz CT molecular complexity index is 523. The Morgan fingerprint density at radius 1 is 0.864 bits per heavy atom. The highest BCUT2D eigenvalue weighted by atomic mass is 28.4. The minimum atomic E-state index is -1.73. The predicted octanol–water partition coefficient (Wildman–Crippen LogP) is 5.22. The van der Waals surface area contributed by atoms with E-state index in [1.807, 2.05) is 42.5 Å². The van der Waals surface area contributed by atoms with Gasteiger partial charge in [0.2, 0.25) is 16.6 Å². The highest BCUT2D eigenvalue weighted by Gasteiger charge is 2.21. The maximum atomic E-state index is 6.17. The van der Waals surface area contributed by atoms with Crippen LogP contribution in [0.4, 0.5) is 0 Å². The molecule has 122 valence electrons. The number of benzene rings is 1. The number of methoxy groups -OCH3 is 1. The first kappa shape index (κ1) is 18.6. The van der Waals surface area contributed by atoms with Gasteiger partial charge in [-0.2, -0.15) is 0 Å². The average molecular weight is 337 g/mol. The van der Waals surface area contributed by atoms with E-state index in [1.54, 1.807) is 7.11 Å². The summed E-state index contributed by atoms with van der Waals surface area (Å²) in [7, 11) is -1.82. The quantitative estimate of drug-likeness (QED) is 0.388. The second-order valence-corrected chi connectivity index (χ2v) is 15.9. The lowest BCUT2D eigenvalue weighted by Gasteiger charge is -2.23. The molecule has 0 aromatic heterocycles. The van der Waals surface area contributed by atoms with Gasteiger partial charge in [-0.15, -0.1) is 0 Å². The summed E-state index contributed by atoms with van der Waals surface area (Å²) >= 11 is 0. The van der Waals surface area contributed by atoms with Gasteiger partial charge in [-0.1, -0.05) is 30.3 Å². The van der Waals surface area contributed by atoms with Crippen LogP contribution < -0.4 is 0 Å². The monoisotopic (exact) mass is 336 g/mol. The minimum absolute atomic E-state index is 0.514. The summed E-state index contributed by atoms with van der Waals surface area (Å²) in [6.07, 6.45) is 3.87. The van der Waals surface area contributed by atoms with Gasteiger partial charge in [0.15, 0.2) is 0 Å². The maximum absolute atomic E-state index is 6.17. The summed E-state index contributed by atoms with van der Waals surface area (Å²) in [6.45, 7) is 12.8. The third kappa shape index (κ3) is 8.09. The largest absolute Gasteiger partial charge is 0.544 e. The molecule has 0 atom stereocenters. The summed E-state index contributed by atoms with van der Waals surface area (Å²) in [6, 6.07) is 10.1. The van der Waals surface area contributed by atoms with Crippen molar-refractivity contribution in [2.75, 3.05) is 7.11 Å². The molecular weight excluding hydrogens is 308 g/mol. The van der Waals surface area contributed by atoms with Crippen LogP contribution in [0.5, 0.6) is 0 Å². The van der Waals surface area contributed by atoms with Gasteiger partial charge in [-0.3, -0.25) is 0 Å². The fraction of sp³-hybridized carbons (Fsp3) is 0.412. The molecule has 0 saturated heterocycles. The first-order chi connectivity index (χ1) is 10.1. The highest BCUT2D eigenvalue weighted by Crippen LogP contribution is 2.19. The van der Waals surface area contributed by atoms with Crippen molar-refractivity contribution in [3.05, 3.63) is 53.7 Å². The van der Waals surface area contributed by atoms with Crippen molar-refractivity contribution in [3.8, 4) is 0 Å². The number of ether oxygens (including phenoxy) is 1. The molecule has 1 rings (SSSR count). The van der Waals surface area contributed by atoms with Crippen LogP contribution in [-0.4, -0.2) is 23.7 Å². The molecule has 5 heteroatoms. The summed E-state index contributed by atoms with van der Waals surface area (Å²) in [4.78, 5) is 0. The minimum Gasteiger partial charge on any atom is -0.544 e. The topological polar surface area (TPSA) is 27.7 Å². The van der Waals surface area contributed by atoms with Crippen LogP contribution in [0.1, 0.15) is 5.56 Å². The van der Waals surface area contributed by atoms with Crippen LogP contribution in [0, 0.1) is 0 Å². The lowest BCUT2D eigenvalue weighted by molar-refractivity contribution is 0.145. The smallest absolute Gasteiger partial charge is 0.268 e. The molecule has 1 aromatic rings. The normalized spacial score (nSPS) is 13.8. The molecule has 0 bridgehead atoms. The van der Waals surface area contributed by atoms with E-state index >= 15 is 0 Å². The molecule has 0 N–H and O–H groups in total. The standard InChI is InChI=1S/C17H28O3Si2/c1-18-17(20-22(5,6)7)14-16(19-21(2,3)4)13-15-11-9-8-10-12-15/h8-14H,1-7H3. The zero-order valence-electron chi connectivity index (χ0n) is 14.8. The van der Waals surface area contributed by atoms with Crippen molar-refractivity contribution >= 4 is 22.7 Å². The fourth-order valence-electron chi connectivity index (χ4n) is 1.72. The Morgan fingerprint density at radius 3 is 1.86 bits per heavy atom. The summed E-state index contributed by atoms with van der Waals surface area (Å²) < 4.78 is 17.5. The molecule has 0 fully saturated rings. The van der Waals surface area contributed by atoms with Crippen molar-refractivity contribution < 1.29 is 13.6 Å². The first-order valence-electron chi connectivity index (χ1n) is 7.49. The van der Waals surface area contributed by atoms with Crippen LogP contribution >= 0.6 is 0 Å². The van der Waals surface area contributed by atoms with Gasteiger partial charge in [0, 0.05) is 0 Å². The Balaban J connectivity index is 3.12. The van der Waals surface area contributed by atoms with E-state index in [4.69, 9.17) is 13.6 Å². The van der Waals surface area contributed by atoms with Crippen molar-refractivity contribution in [1.82, 2.24) is 0 Å². The first-order valence-corrected chi connectivity index (χ1v) is 14.3. The summed E-state index contributed by atoms with van der Waals surface area (Å²) in [5, 5.41) is 0. The molecule has 0 unspecified atom stereocenters. The van der Waals surface area contributed by atoms with Crippen LogP contribution in [0.25, 0.3) is 6.08 Å². The second kappa shape index (κ2) is 7.69. The van der Waals surface area contributed by atoms with Gasteiger partial charge in [0.25, 0.3) is 5.95 Å². The number of allylic oxidation sites excluding steroid dienone is 1. The molecule has 3 nitrogen and oxygen atoms in total. The Labute approximate surface area is 136 Å². The van der Waals surface area contributed by atoms with Gasteiger partial charge in [-0.25, -0.2) is 0 Å². The molecule has 0 aliphatic rings. The van der Waals surface area contributed by atoms with Crippen molar-refractivity contribution in [1.29, 1.82) is 0 Å². The van der Waals surface area contributed by atoms with E-state index in [1.165, 1.54) is 0 Å². The zero-order chi connectivity index (χ0) is 16.8. The Hall–Kier alpha value is -1.47. The van der Waals surface area contributed by atoms with Crippen molar-refractivity contribution in [3.63, 3.8) is 0 Å². The van der Waals surface area contributed by atoms with Gasteiger partial charge < -0.3 is 13.6 Å². The van der Waals surface area contributed by atoms with Gasteiger partial charge in [0.1, 0.15) is 5.76 Å². The molecule has 0 aliphatic carbocycles. The second-order valence-electron chi connectivity index (χ2n) is 7.05. The molecule has 0 amide bonds. The molecule has 0 heterocycles. The third-order valence-corrected chi connectivity index (χ3v) is 4.06. The van der Waals surface area contributed by atoms with E-state index in [2.05, 4.69) is 39.3 Å². The van der Waals surface area contributed by atoms with Crippen LogP contribution in [0.3, 0.4) is 0 Å². The van der Waals surface area contributed by atoms with Crippen LogP contribution in [-0.2, 0) is 13.6 Å². The molecular formula is C17H28O3Si2. The highest BCUT2D eigenvalue weighted by molar-refractivity contribution is 6.70. The lowest BCUT2D eigenvalue weighted by Crippen LogP contribution is -2.26. The summed E-state index contributed by atoms with van der Waals surface area (Å²) in [5.41, 5.74) is 1.09. The van der Waals surface area contributed by atoms with Crippen LogP contribution in [0.15, 0.2) is 48.1 Å². The molecule has 0 spiro atoms. The van der Waals surface area contributed by atoms with Crippen LogP contribution in [0.2, 0.25) is 39.3 Å². The van der Waals surface area contributed by atoms with E-state index in [-0.39, 0.29) is 0 Å². The number of rotatable bonds is 7. The number of hydrogen-bond donors (Lipinski definition) is 0. The van der Waals surface area contributed by atoms with Crippen molar-refractivity contribution in [2.24, 2.45) is 0 Å². The third-order valence-electron chi connectivity index (χ3n) is 2.40. The Kier molecular flexibility index (Phi) is 6.50. The molecule has 0 radical (unpaired) electrons. The maximum Gasteiger partial charge on any atom is 0.268 e. The molecule has 0 aliphatic heterocycles. The fourth-order valence-corrected chi connectivity index (χ4v) is 3.29. The van der Waals surface area contributed by atoms with Gasteiger partial charge >= 0.3 is 0 Å². The van der Waals surface area contributed by atoms with E-state index in [0.29, 0.717) is 5.95 Å². The molecule has 22 heavy (non-hydrogen) atoms. The van der Waals surface area contributed by atoms with Gasteiger partial charge in [-0.05, 0) is 50.9 Å². The molecule has 1 aromatic carbocycles. The van der Waals surface area contributed by atoms with Crippen molar-refractivity contribution in [2.45, 2.75) is 39.3 Å². The molecule has 0 saturated carbocycles. The van der Waals surface area contributed by atoms with Gasteiger partial charge in [0.05, 0.1) is 13.2 Å².